The van der Waals surface area contributed by atoms with Gasteiger partial charge in [-0.1, -0.05) is 30.3 Å². The van der Waals surface area contributed by atoms with Gasteiger partial charge in [0.15, 0.2) is 0 Å². The molecule has 5 heteroatoms. The normalized spacial score (nSPS) is 19.7. The first-order valence-electron chi connectivity index (χ1n) is 7.30. The maximum absolute atomic E-state index is 12.3. The van der Waals surface area contributed by atoms with Gasteiger partial charge in [-0.2, -0.15) is 0 Å². The van der Waals surface area contributed by atoms with Crippen LogP contribution in [0.1, 0.15) is 31.4 Å². The summed E-state index contributed by atoms with van der Waals surface area (Å²) in [5.41, 5.74) is 1.08. The molecule has 1 aliphatic rings. The zero-order valence-corrected chi connectivity index (χ0v) is 12.5. The molecule has 114 valence electrons. The van der Waals surface area contributed by atoms with Crippen molar-refractivity contribution in [2.75, 3.05) is 20.2 Å². The molecule has 2 amide bonds. The molecular formula is C16H22N2O3. The largest absolute Gasteiger partial charge is 0.453 e. The molecule has 1 aromatic rings. The molecule has 1 N–H and O–H groups in total. The number of piperidine rings is 1. The Kier molecular flexibility index (Phi) is 5.20. The van der Waals surface area contributed by atoms with E-state index in [4.69, 9.17) is 4.74 Å². The fourth-order valence-corrected chi connectivity index (χ4v) is 2.64. The second kappa shape index (κ2) is 7.11. The Hall–Kier alpha value is -2.04. The number of hydrogen-bond acceptors (Lipinski definition) is 3. The van der Waals surface area contributed by atoms with E-state index < -0.39 is 0 Å². The van der Waals surface area contributed by atoms with Crippen molar-refractivity contribution < 1.29 is 14.3 Å². The molecule has 1 aromatic carbocycles. The summed E-state index contributed by atoms with van der Waals surface area (Å²) in [6.07, 6.45) is 1.27. The highest BCUT2D eigenvalue weighted by Crippen LogP contribution is 2.19. The Balaban J connectivity index is 1.92. The van der Waals surface area contributed by atoms with Gasteiger partial charge in [0.05, 0.1) is 19.1 Å². The summed E-state index contributed by atoms with van der Waals surface area (Å²) in [6, 6.07) is 9.81. The number of likely N-dealkylation sites (tertiary alicyclic amines) is 1. The molecule has 0 aliphatic carbocycles. The standard InChI is InChI=1S/C16H22N2O3/c1-12(13-7-4-3-5-8-13)17-15(19)14-9-6-10-18(11-14)16(20)21-2/h3-5,7-8,12,14H,6,9-11H2,1-2H3,(H,17,19). The van der Waals surface area contributed by atoms with Gasteiger partial charge in [-0.15, -0.1) is 0 Å². The third kappa shape index (κ3) is 3.97. The smallest absolute Gasteiger partial charge is 0.409 e. The molecule has 1 saturated heterocycles. The summed E-state index contributed by atoms with van der Waals surface area (Å²) >= 11 is 0. The molecule has 0 aromatic heterocycles. The lowest BCUT2D eigenvalue weighted by Gasteiger charge is -2.31. The Bertz CT molecular complexity index is 490. The van der Waals surface area contributed by atoms with Crippen molar-refractivity contribution in [3.05, 3.63) is 35.9 Å². The summed E-state index contributed by atoms with van der Waals surface area (Å²) in [6.45, 7) is 3.05. The molecule has 1 fully saturated rings. The predicted molar refractivity (Wildman–Crippen MR) is 79.7 cm³/mol. The minimum absolute atomic E-state index is 0.0000406. The highest BCUT2D eigenvalue weighted by molar-refractivity contribution is 5.80. The zero-order chi connectivity index (χ0) is 15.2. The summed E-state index contributed by atoms with van der Waals surface area (Å²) in [4.78, 5) is 25.5. The number of carbonyl (C=O) groups excluding carboxylic acids is 2. The number of nitrogens with zero attached hydrogens (tertiary/aromatic N) is 1. The minimum Gasteiger partial charge on any atom is -0.453 e. The van der Waals surface area contributed by atoms with Crippen LogP contribution in [0.5, 0.6) is 0 Å². The lowest BCUT2D eigenvalue weighted by molar-refractivity contribution is -0.127. The molecule has 1 aliphatic heterocycles. The predicted octanol–water partition coefficient (Wildman–Crippen LogP) is 2.34. The first kappa shape index (κ1) is 15.4. The van der Waals surface area contributed by atoms with Crippen LogP contribution in [0.3, 0.4) is 0 Å². The van der Waals surface area contributed by atoms with Crippen LogP contribution in [-0.4, -0.2) is 37.1 Å². The van der Waals surface area contributed by atoms with E-state index in [0.29, 0.717) is 13.1 Å². The second-order valence-corrected chi connectivity index (χ2v) is 5.40. The van der Waals surface area contributed by atoms with Gasteiger partial charge < -0.3 is 15.0 Å². The van der Waals surface area contributed by atoms with E-state index in [-0.39, 0.29) is 24.0 Å². The fraction of sp³-hybridized carbons (Fsp3) is 0.500. The summed E-state index contributed by atoms with van der Waals surface area (Å²) in [5, 5.41) is 3.03. The van der Waals surface area contributed by atoms with Gasteiger partial charge >= 0.3 is 6.09 Å². The molecular weight excluding hydrogens is 268 g/mol. The van der Waals surface area contributed by atoms with Crippen molar-refractivity contribution in [2.45, 2.75) is 25.8 Å². The third-order valence-electron chi connectivity index (χ3n) is 3.88. The number of benzene rings is 1. The van der Waals surface area contributed by atoms with Crippen LogP contribution in [0, 0.1) is 5.92 Å². The summed E-state index contributed by atoms with van der Waals surface area (Å²) in [7, 11) is 1.36. The average Bonchev–Trinajstić information content (AvgIpc) is 2.55. The van der Waals surface area contributed by atoms with Crippen LogP contribution in [0.2, 0.25) is 0 Å². The van der Waals surface area contributed by atoms with Gasteiger partial charge in [-0.25, -0.2) is 4.79 Å². The molecule has 1 heterocycles. The van der Waals surface area contributed by atoms with E-state index in [2.05, 4.69) is 5.32 Å². The van der Waals surface area contributed by atoms with E-state index in [1.54, 1.807) is 4.90 Å². The molecule has 21 heavy (non-hydrogen) atoms. The van der Waals surface area contributed by atoms with Crippen LogP contribution in [0.25, 0.3) is 0 Å². The van der Waals surface area contributed by atoms with E-state index in [1.165, 1.54) is 7.11 Å². The van der Waals surface area contributed by atoms with Gasteiger partial charge in [0.2, 0.25) is 5.91 Å². The first-order chi connectivity index (χ1) is 10.1. The van der Waals surface area contributed by atoms with Gasteiger partial charge in [0.25, 0.3) is 0 Å². The van der Waals surface area contributed by atoms with Crippen LogP contribution in [0.4, 0.5) is 4.79 Å². The van der Waals surface area contributed by atoms with Crippen molar-refractivity contribution >= 4 is 12.0 Å². The van der Waals surface area contributed by atoms with Crippen molar-refractivity contribution in [3.8, 4) is 0 Å². The quantitative estimate of drug-likeness (QED) is 0.929. The number of nitrogens with one attached hydrogen (secondary N) is 1. The van der Waals surface area contributed by atoms with Crippen molar-refractivity contribution in [1.82, 2.24) is 10.2 Å². The number of rotatable bonds is 3. The van der Waals surface area contributed by atoms with E-state index >= 15 is 0 Å². The van der Waals surface area contributed by atoms with E-state index in [0.717, 1.165) is 18.4 Å². The third-order valence-corrected chi connectivity index (χ3v) is 3.88. The Labute approximate surface area is 125 Å². The van der Waals surface area contributed by atoms with Crippen molar-refractivity contribution in [2.24, 2.45) is 5.92 Å². The topological polar surface area (TPSA) is 58.6 Å². The second-order valence-electron chi connectivity index (χ2n) is 5.40. The van der Waals surface area contributed by atoms with Crippen molar-refractivity contribution in [3.63, 3.8) is 0 Å². The van der Waals surface area contributed by atoms with Crippen LogP contribution >= 0.6 is 0 Å². The fourth-order valence-electron chi connectivity index (χ4n) is 2.64. The number of amides is 2. The highest BCUT2D eigenvalue weighted by atomic mass is 16.5. The lowest BCUT2D eigenvalue weighted by Crippen LogP contribution is -2.45. The highest BCUT2D eigenvalue weighted by Gasteiger charge is 2.29. The minimum atomic E-state index is -0.358. The average molecular weight is 290 g/mol. The van der Waals surface area contributed by atoms with Gasteiger partial charge in [-0.3, -0.25) is 4.79 Å². The molecule has 2 unspecified atom stereocenters. The first-order valence-corrected chi connectivity index (χ1v) is 7.30. The Morgan fingerprint density at radius 3 is 2.71 bits per heavy atom. The number of ether oxygens (including phenoxy) is 1. The molecule has 2 atom stereocenters. The van der Waals surface area contributed by atoms with Crippen molar-refractivity contribution in [1.29, 1.82) is 0 Å². The Morgan fingerprint density at radius 1 is 1.33 bits per heavy atom. The van der Waals surface area contributed by atoms with Gasteiger partial charge in [0, 0.05) is 13.1 Å². The number of carbonyl (C=O) groups is 2. The summed E-state index contributed by atoms with van der Waals surface area (Å²) in [5.74, 6) is -0.163. The number of methoxy groups -OCH3 is 1. The molecule has 0 spiro atoms. The summed E-state index contributed by atoms with van der Waals surface area (Å²) < 4.78 is 4.72. The van der Waals surface area contributed by atoms with Gasteiger partial charge in [0.1, 0.15) is 0 Å². The molecule has 2 rings (SSSR count). The zero-order valence-electron chi connectivity index (χ0n) is 12.5. The van der Waals surface area contributed by atoms with Gasteiger partial charge in [-0.05, 0) is 25.3 Å². The van der Waals surface area contributed by atoms with Crippen LogP contribution < -0.4 is 5.32 Å². The maximum atomic E-state index is 12.3. The molecule has 0 bridgehead atoms. The number of hydrogen-bond donors (Lipinski definition) is 1. The van der Waals surface area contributed by atoms with Crippen LogP contribution in [-0.2, 0) is 9.53 Å². The molecule has 5 nitrogen and oxygen atoms in total. The van der Waals surface area contributed by atoms with E-state index in [9.17, 15) is 9.59 Å². The molecule has 0 radical (unpaired) electrons. The lowest BCUT2D eigenvalue weighted by atomic mass is 9.96. The SMILES string of the molecule is COC(=O)N1CCCC(C(=O)NC(C)c2ccccc2)C1. The maximum Gasteiger partial charge on any atom is 0.409 e. The molecule has 0 saturated carbocycles. The van der Waals surface area contributed by atoms with E-state index in [1.807, 2.05) is 37.3 Å². The monoisotopic (exact) mass is 290 g/mol. The van der Waals surface area contributed by atoms with Crippen LogP contribution in [0.15, 0.2) is 30.3 Å². The Morgan fingerprint density at radius 2 is 2.05 bits per heavy atom.